The number of amides is 1. The average Bonchev–Trinajstić information content (AvgIpc) is 2.32. The molecule has 0 radical (unpaired) electrons. The van der Waals surface area contributed by atoms with E-state index in [1.165, 1.54) is 14.0 Å². The van der Waals surface area contributed by atoms with Gasteiger partial charge in [-0.15, -0.1) is 0 Å². The molecule has 5 unspecified atom stereocenters. The van der Waals surface area contributed by atoms with Crippen LogP contribution in [0.25, 0.3) is 0 Å². The quantitative estimate of drug-likeness (QED) is 0.365. The molecule has 1 aliphatic rings. The van der Waals surface area contributed by atoms with Gasteiger partial charge in [0, 0.05) is 14.0 Å². The number of carbonyl (C=O) groups excluding carboxylic acids is 1. The number of hydrogen-bond acceptors (Lipinski definition) is 7. The van der Waals surface area contributed by atoms with Crippen LogP contribution in [0, 0.1) is 0 Å². The van der Waals surface area contributed by atoms with Crippen molar-refractivity contribution in [2.45, 2.75) is 37.1 Å². The lowest BCUT2D eigenvalue weighted by Crippen LogP contribution is -2.70. The average molecular weight is 265 g/mol. The van der Waals surface area contributed by atoms with Crippen molar-refractivity contribution in [2.24, 2.45) is 0 Å². The number of hydrogen-bond donors (Lipinski definition) is 5. The molecule has 0 aromatic heterocycles. The summed E-state index contributed by atoms with van der Waals surface area (Å²) < 4.78 is 10.0. The monoisotopic (exact) mass is 265 g/mol. The number of rotatable bonds is 4. The molecule has 8 heteroatoms. The minimum atomic E-state index is -2.13. The van der Waals surface area contributed by atoms with Gasteiger partial charge in [-0.05, 0) is 0 Å². The molecule has 8 nitrogen and oxygen atoms in total. The van der Waals surface area contributed by atoms with Gasteiger partial charge in [0.1, 0.15) is 18.3 Å². The van der Waals surface area contributed by atoms with Crippen LogP contribution in [0.15, 0.2) is 0 Å². The van der Waals surface area contributed by atoms with E-state index in [-0.39, 0.29) is 0 Å². The first-order chi connectivity index (χ1) is 8.39. The number of methoxy groups -OCH3 is 1. The molecule has 18 heavy (non-hydrogen) atoms. The summed E-state index contributed by atoms with van der Waals surface area (Å²) in [5, 5.41) is 40.7. The first-order valence-electron chi connectivity index (χ1n) is 5.49. The molecule has 0 aromatic rings. The van der Waals surface area contributed by atoms with Crippen molar-refractivity contribution in [1.82, 2.24) is 5.32 Å². The molecular formula is C10H19NO7. The summed E-state index contributed by atoms with van der Waals surface area (Å²) in [6.45, 7) is -0.109. The van der Waals surface area contributed by atoms with E-state index in [0.717, 1.165) is 0 Å². The Morgan fingerprint density at radius 3 is 2.50 bits per heavy atom. The molecule has 1 amide bonds. The summed E-state index contributed by atoms with van der Waals surface area (Å²) >= 11 is 0. The minimum absolute atomic E-state index is 0.426. The largest absolute Gasteiger partial charge is 0.394 e. The molecule has 1 aliphatic heterocycles. The topological polar surface area (TPSA) is 128 Å². The Balaban J connectivity index is 2.97. The highest BCUT2D eigenvalue weighted by atomic mass is 16.7. The molecule has 1 fully saturated rings. The van der Waals surface area contributed by atoms with Crippen LogP contribution in [0.5, 0.6) is 0 Å². The van der Waals surface area contributed by atoms with Crippen molar-refractivity contribution in [1.29, 1.82) is 0 Å². The van der Waals surface area contributed by atoms with Gasteiger partial charge in [0.15, 0.2) is 0 Å². The maximum atomic E-state index is 11.0. The molecule has 0 aliphatic carbocycles. The Kier molecular flexibility index (Phi) is 5.02. The number of aliphatic hydroxyl groups excluding tert-OH is 3. The Bertz CT molecular complexity index is 300. The summed E-state index contributed by atoms with van der Waals surface area (Å²) in [6.07, 6.45) is -3.63. The molecule has 106 valence electrons. The molecule has 0 aromatic carbocycles. The standard InChI is InChI=1S/C10H19NO7/c1-5(14)11-7-6(3-12)18-10(16,4-13)9(17-2)8(7)15/h6-9,12-13,15-16H,3-4H2,1-2H3,(H,11,14). The summed E-state index contributed by atoms with van der Waals surface area (Å²) in [7, 11) is 1.22. The smallest absolute Gasteiger partial charge is 0.219 e. The highest BCUT2D eigenvalue weighted by Crippen LogP contribution is 2.29. The Labute approximate surface area is 104 Å². The molecule has 5 N–H and O–H groups in total. The first-order valence-corrected chi connectivity index (χ1v) is 5.49. The number of aliphatic hydroxyl groups is 4. The predicted octanol–water partition coefficient (Wildman–Crippen LogP) is -3.06. The number of carbonyl (C=O) groups is 1. The maximum Gasteiger partial charge on any atom is 0.219 e. The molecule has 0 bridgehead atoms. The van der Waals surface area contributed by atoms with Gasteiger partial charge < -0.3 is 35.2 Å². The van der Waals surface area contributed by atoms with E-state index in [2.05, 4.69) is 5.32 Å². The van der Waals surface area contributed by atoms with Crippen LogP contribution in [-0.4, -0.2) is 76.8 Å². The second-order valence-corrected chi connectivity index (χ2v) is 4.22. The molecular weight excluding hydrogens is 246 g/mol. The zero-order valence-corrected chi connectivity index (χ0v) is 10.2. The van der Waals surface area contributed by atoms with E-state index in [9.17, 15) is 15.0 Å². The second kappa shape index (κ2) is 5.91. The van der Waals surface area contributed by atoms with E-state index >= 15 is 0 Å². The molecule has 1 rings (SSSR count). The van der Waals surface area contributed by atoms with Crippen LogP contribution in [-0.2, 0) is 14.3 Å². The third kappa shape index (κ3) is 2.79. The van der Waals surface area contributed by atoms with Gasteiger partial charge in [0.2, 0.25) is 11.7 Å². The van der Waals surface area contributed by atoms with Crippen LogP contribution < -0.4 is 5.32 Å². The summed E-state index contributed by atoms with van der Waals surface area (Å²) in [6, 6.07) is -0.940. The van der Waals surface area contributed by atoms with Crippen LogP contribution in [0.3, 0.4) is 0 Å². The third-order valence-electron chi connectivity index (χ3n) is 2.91. The molecule has 5 atom stereocenters. The lowest BCUT2D eigenvalue weighted by molar-refractivity contribution is -0.346. The highest BCUT2D eigenvalue weighted by Gasteiger charge is 2.54. The number of ether oxygens (including phenoxy) is 2. The highest BCUT2D eigenvalue weighted by molar-refractivity contribution is 5.73. The van der Waals surface area contributed by atoms with Gasteiger partial charge >= 0.3 is 0 Å². The normalized spacial score (nSPS) is 40.6. The van der Waals surface area contributed by atoms with Crippen molar-refractivity contribution in [3.8, 4) is 0 Å². The van der Waals surface area contributed by atoms with Crippen LogP contribution >= 0.6 is 0 Å². The zero-order chi connectivity index (χ0) is 13.9. The molecule has 1 saturated heterocycles. The van der Waals surface area contributed by atoms with Gasteiger partial charge in [0.05, 0.1) is 19.3 Å². The maximum absolute atomic E-state index is 11.0. The zero-order valence-electron chi connectivity index (χ0n) is 10.2. The van der Waals surface area contributed by atoms with Crippen LogP contribution in [0.2, 0.25) is 0 Å². The predicted molar refractivity (Wildman–Crippen MR) is 58.4 cm³/mol. The lowest BCUT2D eigenvalue weighted by atomic mass is 9.90. The van der Waals surface area contributed by atoms with Gasteiger partial charge in [-0.2, -0.15) is 0 Å². The Morgan fingerprint density at radius 2 is 2.11 bits per heavy atom. The molecule has 1 heterocycles. The fourth-order valence-corrected chi connectivity index (χ4v) is 2.09. The summed E-state index contributed by atoms with van der Waals surface area (Å²) in [4.78, 5) is 11.0. The Hall–Kier alpha value is -0.770. The van der Waals surface area contributed by atoms with E-state index in [1.54, 1.807) is 0 Å². The van der Waals surface area contributed by atoms with Crippen molar-refractivity contribution in [2.75, 3.05) is 20.3 Å². The molecule has 0 spiro atoms. The summed E-state index contributed by atoms with van der Waals surface area (Å²) in [5.41, 5.74) is 0. The van der Waals surface area contributed by atoms with Gasteiger partial charge in [-0.25, -0.2) is 0 Å². The Morgan fingerprint density at radius 1 is 1.50 bits per heavy atom. The lowest BCUT2D eigenvalue weighted by Gasteiger charge is -2.47. The van der Waals surface area contributed by atoms with Crippen LogP contribution in [0.4, 0.5) is 0 Å². The van der Waals surface area contributed by atoms with Crippen molar-refractivity contribution >= 4 is 5.91 Å². The summed E-state index contributed by atoms with van der Waals surface area (Å²) in [5.74, 6) is -2.55. The second-order valence-electron chi connectivity index (χ2n) is 4.22. The first kappa shape index (κ1) is 15.3. The third-order valence-corrected chi connectivity index (χ3v) is 2.91. The fourth-order valence-electron chi connectivity index (χ4n) is 2.09. The van der Waals surface area contributed by atoms with Crippen molar-refractivity contribution in [3.63, 3.8) is 0 Å². The van der Waals surface area contributed by atoms with Crippen molar-refractivity contribution < 1.29 is 34.7 Å². The SMILES string of the molecule is COC1C(O)C(NC(C)=O)C(CO)OC1(O)CO. The minimum Gasteiger partial charge on any atom is -0.394 e. The van der Waals surface area contributed by atoms with Crippen LogP contribution in [0.1, 0.15) is 6.92 Å². The molecule has 0 saturated carbocycles. The van der Waals surface area contributed by atoms with E-state index in [4.69, 9.17) is 19.7 Å². The van der Waals surface area contributed by atoms with Crippen molar-refractivity contribution in [3.05, 3.63) is 0 Å². The van der Waals surface area contributed by atoms with Gasteiger partial charge in [-0.3, -0.25) is 4.79 Å². The van der Waals surface area contributed by atoms with Gasteiger partial charge in [-0.1, -0.05) is 0 Å². The van der Waals surface area contributed by atoms with E-state index in [1.807, 2.05) is 0 Å². The van der Waals surface area contributed by atoms with E-state index in [0.29, 0.717) is 0 Å². The van der Waals surface area contributed by atoms with Gasteiger partial charge in [0.25, 0.3) is 0 Å². The number of nitrogens with one attached hydrogen (secondary N) is 1. The fraction of sp³-hybridized carbons (Fsp3) is 0.900. The van der Waals surface area contributed by atoms with E-state index < -0.39 is 49.3 Å².